The Bertz CT molecular complexity index is 898. The summed E-state index contributed by atoms with van der Waals surface area (Å²) in [6.45, 7) is -0.105. The molecular weight excluding hydrogens is 376 g/mol. The number of benzene rings is 1. The number of aromatic amines is 1. The molecule has 0 spiro atoms. The van der Waals surface area contributed by atoms with Crippen molar-refractivity contribution in [2.24, 2.45) is 0 Å². The first-order valence-electron chi connectivity index (χ1n) is 7.21. The minimum Gasteiger partial charge on any atom is -0.364 e. The summed E-state index contributed by atoms with van der Waals surface area (Å²) in [7, 11) is 0. The van der Waals surface area contributed by atoms with Gasteiger partial charge in [0.25, 0.3) is 0 Å². The van der Waals surface area contributed by atoms with Gasteiger partial charge in [-0.25, -0.2) is 9.37 Å². The average Bonchev–Trinajstić information content (AvgIpc) is 3.08. The van der Waals surface area contributed by atoms with Crippen LogP contribution in [0.5, 0.6) is 0 Å². The van der Waals surface area contributed by atoms with Gasteiger partial charge in [0.2, 0.25) is 5.95 Å². The first-order valence-corrected chi connectivity index (χ1v) is 7.58. The summed E-state index contributed by atoms with van der Waals surface area (Å²) in [4.78, 5) is 8.13. The standard InChI is InChI=1S/C15H11ClF4N6/c16-11-7-22-14(25-10-5-23-24-6-10)26-13(11)21-4-8-1-2-9(3-12(8)17)15(18,19)20/h1-3,5-7H,4H2,(H,23,24)(H2,21,22,25,26). The molecule has 6 nitrogen and oxygen atoms in total. The van der Waals surface area contributed by atoms with Gasteiger partial charge in [0.1, 0.15) is 10.8 Å². The molecule has 136 valence electrons. The maximum atomic E-state index is 13.9. The van der Waals surface area contributed by atoms with E-state index in [-0.39, 0.29) is 28.9 Å². The normalized spacial score (nSPS) is 11.4. The van der Waals surface area contributed by atoms with Gasteiger partial charge in [0, 0.05) is 18.3 Å². The van der Waals surface area contributed by atoms with Gasteiger partial charge in [-0.2, -0.15) is 23.3 Å². The van der Waals surface area contributed by atoms with Crippen LogP contribution in [0, 0.1) is 5.82 Å². The van der Waals surface area contributed by atoms with Gasteiger partial charge in [-0.15, -0.1) is 0 Å². The molecule has 0 unspecified atom stereocenters. The van der Waals surface area contributed by atoms with Crippen LogP contribution >= 0.6 is 11.6 Å². The number of aromatic nitrogens is 4. The van der Waals surface area contributed by atoms with E-state index >= 15 is 0 Å². The van der Waals surface area contributed by atoms with E-state index in [1.165, 1.54) is 12.4 Å². The van der Waals surface area contributed by atoms with Gasteiger partial charge in [0.15, 0.2) is 5.82 Å². The Balaban J connectivity index is 1.73. The second kappa shape index (κ2) is 7.16. The molecule has 0 aliphatic carbocycles. The average molecular weight is 387 g/mol. The number of H-pyrrole nitrogens is 1. The third-order valence-electron chi connectivity index (χ3n) is 3.33. The first kappa shape index (κ1) is 17.9. The molecular formula is C15H11ClF4N6. The van der Waals surface area contributed by atoms with Crippen molar-refractivity contribution in [3.8, 4) is 0 Å². The van der Waals surface area contributed by atoms with Crippen LogP contribution in [0.2, 0.25) is 5.02 Å². The fourth-order valence-electron chi connectivity index (χ4n) is 2.05. The summed E-state index contributed by atoms with van der Waals surface area (Å²) in [5.41, 5.74) is -0.394. The molecule has 0 bridgehead atoms. The molecule has 2 aromatic heterocycles. The van der Waals surface area contributed by atoms with Crippen LogP contribution in [-0.4, -0.2) is 20.2 Å². The molecule has 0 saturated heterocycles. The molecule has 0 fully saturated rings. The number of nitrogens with one attached hydrogen (secondary N) is 3. The summed E-state index contributed by atoms with van der Waals surface area (Å²) in [5, 5.41) is 12.2. The fraction of sp³-hybridized carbons (Fsp3) is 0.133. The second-order valence-corrected chi connectivity index (χ2v) is 5.57. The molecule has 0 amide bonds. The van der Waals surface area contributed by atoms with E-state index in [0.29, 0.717) is 11.8 Å². The van der Waals surface area contributed by atoms with Crippen LogP contribution in [0.25, 0.3) is 0 Å². The summed E-state index contributed by atoms with van der Waals surface area (Å²) < 4.78 is 51.6. The summed E-state index contributed by atoms with van der Waals surface area (Å²) >= 11 is 5.99. The summed E-state index contributed by atoms with van der Waals surface area (Å²) in [5.74, 6) is -0.563. The maximum Gasteiger partial charge on any atom is 0.416 e. The van der Waals surface area contributed by atoms with Crippen molar-refractivity contribution < 1.29 is 17.6 Å². The largest absolute Gasteiger partial charge is 0.416 e. The summed E-state index contributed by atoms with van der Waals surface area (Å²) in [6, 6.07) is 2.32. The van der Waals surface area contributed by atoms with E-state index in [4.69, 9.17) is 11.6 Å². The third kappa shape index (κ3) is 4.20. The van der Waals surface area contributed by atoms with Gasteiger partial charge in [-0.1, -0.05) is 17.7 Å². The Labute approximate surface area is 149 Å². The highest BCUT2D eigenvalue weighted by atomic mass is 35.5. The number of rotatable bonds is 5. The van der Waals surface area contributed by atoms with E-state index in [1.54, 1.807) is 6.20 Å². The van der Waals surface area contributed by atoms with Crippen LogP contribution in [0.3, 0.4) is 0 Å². The predicted molar refractivity (Wildman–Crippen MR) is 87.6 cm³/mol. The van der Waals surface area contributed by atoms with Crippen molar-refractivity contribution in [2.75, 3.05) is 10.6 Å². The Morgan fingerprint density at radius 3 is 2.65 bits per heavy atom. The molecule has 3 rings (SSSR count). The Morgan fingerprint density at radius 1 is 1.19 bits per heavy atom. The zero-order chi connectivity index (χ0) is 18.7. The zero-order valence-corrected chi connectivity index (χ0v) is 13.7. The van der Waals surface area contributed by atoms with Crippen molar-refractivity contribution in [1.82, 2.24) is 20.2 Å². The van der Waals surface area contributed by atoms with Crippen LogP contribution in [0.15, 0.2) is 36.8 Å². The van der Waals surface area contributed by atoms with Crippen LogP contribution < -0.4 is 10.6 Å². The molecule has 11 heteroatoms. The van der Waals surface area contributed by atoms with E-state index in [0.717, 1.165) is 12.1 Å². The molecule has 0 aliphatic rings. The molecule has 0 atom stereocenters. The number of alkyl halides is 3. The summed E-state index contributed by atoms with van der Waals surface area (Å²) in [6.07, 6.45) is -0.163. The van der Waals surface area contributed by atoms with Gasteiger partial charge in [0.05, 0.1) is 23.6 Å². The van der Waals surface area contributed by atoms with Crippen LogP contribution in [0.4, 0.5) is 35.0 Å². The quantitative estimate of drug-likeness (QED) is 0.568. The maximum absolute atomic E-state index is 13.9. The highest BCUT2D eigenvalue weighted by Gasteiger charge is 2.31. The van der Waals surface area contributed by atoms with E-state index in [1.807, 2.05) is 0 Å². The van der Waals surface area contributed by atoms with Gasteiger partial charge in [-0.3, -0.25) is 5.10 Å². The van der Waals surface area contributed by atoms with Crippen molar-refractivity contribution in [2.45, 2.75) is 12.7 Å². The SMILES string of the molecule is Fc1cc(C(F)(F)F)ccc1CNc1nc(Nc2cn[nH]c2)ncc1Cl. The predicted octanol–water partition coefficient (Wildman–Crippen LogP) is 4.37. The fourth-order valence-corrected chi connectivity index (χ4v) is 2.20. The molecule has 2 heterocycles. The minimum atomic E-state index is -4.60. The highest BCUT2D eigenvalue weighted by Crippen LogP contribution is 2.30. The molecule has 0 aliphatic heterocycles. The zero-order valence-electron chi connectivity index (χ0n) is 12.9. The molecule has 0 saturated carbocycles. The number of hydrogen-bond donors (Lipinski definition) is 3. The number of nitrogens with zero attached hydrogens (tertiary/aromatic N) is 3. The Kier molecular flexibility index (Phi) is 4.94. The molecule has 26 heavy (non-hydrogen) atoms. The van der Waals surface area contributed by atoms with Gasteiger partial charge >= 0.3 is 6.18 Å². The van der Waals surface area contributed by atoms with Crippen molar-refractivity contribution in [3.05, 3.63) is 58.8 Å². The van der Waals surface area contributed by atoms with E-state index in [2.05, 4.69) is 30.8 Å². The lowest BCUT2D eigenvalue weighted by molar-refractivity contribution is -0.137. The van der Waals surface area contributed by atoms with Crippen molar-refractivity contribution in [3.63, 3.8) is 0 Å². The van der Waals surface area contributed by atoms with Gasteiger partial charge < -0.3 is 10.6 Å². The monoisotopic (exact) mass is 386 g/mol. The lowest BCUT2D eigenvalue weighted by Gasteiger charge is -2.12. The van der Waals surface area contributed by atoms with E-state index < -0.39 is 17.6 Å². The van der Waals surface area contributed by atoms with Crippen molar-refractivity contribution in [1.29, 1.82) is 0 Å². The number of hydrogen-bond acceptors (Lipinski definition) is 5. The number of halogens is 5. The minimum absolute atomic E-state index is 0.0389. The van der Waals surface area contributed by atoms with Gasteiger partial charge in [-0.05, 0) is 12.1 Å². The lowest BCUT2D eigenvalue weighted by atomic mass is 10.1. The molecule has 1 aromatic carbocycles. The van der Waals surface area contributed by atoms with Crippen LogP contribution in [-0.2, 0) is 12.7 Å². The third-order valence-corrected chi connectivity index (χ3v) is 3.60. The topological polar surface area (TPSA) is 78.5 Å². The van der Waals surface area contributed by atoms with E-state index in [9.17, 15) is 17.6 Å². The first-order chi connectivity index (χ1) is 12.3. The number of anilines is 3. The Morgan fingerprint density at radius 2 is 2.00 bits per heavy atom. The molecule has 0 radical (unpaired) electrons. The van der Waals surface area contributed by atoms with Crippen LogP contribution in [0.1, 0.15) is 11.1 Å². The second-order valence-electron chi connectivity index (χ2n) is 5.16. The Hall–Kier alpha value is -2.88. The molecule has 3 aromatic rings. The smallest absolute Gasteiger partial charge is 0.364 e. The highest BCUT2D eigenvalue weighted by molar-refractivity contribution is 6.32. The lowest BCUT2D eigenvalue weighted by Crippen LogP contribution is -2.09. The van der Waals surface area contributed by atoms with Crippen molar-refractivity contribution >= 4 is 29.1 Å². The molecule has 3 N–H and O–H groups in total.